The van der Waals surface area contributed by atoms with Gasteiger partial charge in [-0.05, 0) is 39.3 Å². The Morgan fingerprint density at radius 2 is 2.28 bits per heavy atom. The molecule has 0 aromatic carbocycles. The van der Waals surface area contributed by atoms with Gasteiger partial charge >= 0.3 is 0 Å². The standard InChI is InChI=1S/C13H21N3OS/c1-11-12(18-10-15-11)4-5-13(17)14-6-9-16-7-2-3-8-16/h10H,2-9H2,1H3,(H,14,17). The minimum absolute atomic E-state index is 0.155. The summed E-state index contributed by atoms with van der Waals surface area (Å²) in [4.78, 5) is 19.5. The van der Waals surface area contributed by atoms with Crippen LogP contribution in [0.2, 0.25) is 0 Å². The number of rotatable bonds is 6. The lowest BCUT2D eigenvalue weighted by atomic mass is 10.2. The molecule has 100 valence electrons. The maximum absolute atomic E-state index is 11.7. The average Bonchev–Trinajstić information content (AvgIpc) is 2.98. The molecular weight excluding hydrogens is 246 g/mol. The van der Waals surface area contributed by atoms with Crippen LogP contribution < -0.4 is 5.32 Å². The number of hydrogen-bond acceptors (Lipinski definition) is 4. The van der Waals surface area contributed by atoms with Crippen LogP contribution in [-0.2, 0) is 11.2 Å². The van der Waals surface area contributed by atoms with Crippen LogP contribution in [-0.4, -0.2) is 42.0 Å². The van der Waals surface area contributed by atoms with Gasteiger partial charge < -0.3 is 10.2 Å². The van der Waals surface area contributed by atoms with E-state index in [4.69, 9.17) is 0 Å². The van der Waals surface area contributed by atoms with Crippen LogP contribution in [0, 0.1) is 6.92 Å². The Kier molecular flexibility index (Phi) is 5.13. The lowest BCUT2D eigenvalue weighted by Crippen LogP contribution is -2.33. The van der Waals surface area contributed by atoms with E-state index >= 15 is 0 Å². The molecule has 1 aliphatic heterocycles. The molecule has 0 spiro atoms. The van der Waals surface area contributed by atoms with E-state index in [-0.39, 0.29) is 5.91 Å². The first kappa shape index (κ1) is 13.5. The van der Waals surface area contributed by atoms with Crippen LogP contribution >= 0.6 is 11.3 Å². The number of likely N-dealkylation sites (tertiary alicyclic amines) is 1. The highest BCUT2D eigenvalue weighted by Crippen LogP contribution is 2.14. The monoisotopic (exact) mass is 267 g/mol. The molecule has 1 N–H and O–H groups in total. The van der Waals surface area contributed by atoms with Crippen molar-refractivity contribution in [2.45, 2.75) is 32.6 Å². The second-order valence-electron chi connectivity index (χ2n) is 4.76. The number of aryl methyl sites for hydroxylation is 2. The van der Waals surface area contributed by atoms with Crippen LogP contribution in [0.5, 0.6) is 0 Å². The van der Waals surface area contributed by atoms with Gasteiger partial charge in [0.25, 0.3) is 0 Å². The van der Waals surface area contributed by atoms with E-state index in [0.717, 1.165) is 25.2 Å². The number of hydrogen-bond donors (Lipinski definition) is 1. The quantitative estimate of drug-likeness (QED) is 0.851. The minimum Gasteiger partial charge on any atom is -0.355 e. The second kappa shape index (κ2) is 6.85. The first-order valence-corrected chi connectivity index (χ1v) is 7.51. The zero-order valence-electron chi connectivity index (χ0n) is 10.9. The Labute approximate surface area is 112 Å². The van der Waals surface area contributed by atoms with Gasteiger partial charge in [0.1, 0.15) is 0 Å². The molecule has 1 aromatic rings. The molecule has 1 aromatic heterocycles. The van der Waals surface area contributed by atoms with Gasteiger partial charge in [-0.1, -0.05) is 0 Å². The van der Waals surface area contributed by atoms with E-state index in [1.165, 1.54) is 30.8 Å². The van der Waals surface area contributed by atoms with Crippen molar-refractivity contribution in [3.05, 3.63) is 16.1 Å². The summed E-state index contributed by atoms with van der Waals surface area (Å²) in [6.45, 7) is 6.15. The normalized spacial score (nSPS) is 16.1. The Bertz CT molecular complexity index is 385. The largest absolute Gasteiger partial charge is 0.355 e. The third-order valence-electron chi connectivity index (χ3n) is 3.37. The predicted octanol–water partition coefficient (Wildman–Crippen LogP) is 1.60. The van der Waals surface area contributed by atoms with Crippen molar-refractivity contribution in [1.29, 1.82) is 0 Å². The molecule has 1 saturated heterocycles. The smallest absolute Gasteiger partial charge is 0.220 e. The maximum atomic E-state index is 11.7. The summed E-state index contributed by atoms with van der Waals surface area (Å²) >= 11 is 1.64. The number of aromatic nitrogens is 1. The number of nitrogens with zero attached hydrogens (tertiary/aromatic N) is 2. The zero-order chi connectivity index (χ0) is 12.8. The van der Waals surface area contributed by atoms with Gasteiger partial charge in [-0.15, -0.1) is 11.3 Å². The molecule has 1 fully saturated rings. The van der Waals surface area contributed by atoms with E-state index < -0.39 is 0 Å². The Morgan fingerprint density at radius 3 is 2.94 bits per heavy atom. The molecule has 0 aliphatic carbocycles. The van der Waals surface area contributed by atoms with Crippen molar-refractivity contribution >= 4 is 17.2 Å². The lowest BCUT2D eigenvalue weighted by Gasteiger charge is -2.14. The molecule has 4 nitrogen and oxygen atoms in total. The Balaban J connectivity index is 1.59. The SMILES string of the molecule is Cc1ncsc1CCC(=O)NCCN1CCCC1. The number of carbonyl (C=O) groups excluding carboxylic acids is 1. The molecular formula is C13H21N3OS. The van der Waals surface area contributed by atoms with Gasteiger partial charge in [0.2, 0.25) is 5.91 Å². The fraction of sp³-hybridized carbons (Fsp3) is 0.692. The molecule has 0 unspecified atom stereocenters. The number of nitrogens with one attached hydrogen (secondary N) is 1. The molecule has 1 amide bonds. The van der Waals surface area contributed by atoms with Crippen molar-refractivity contribution in [3.8, 4) is 0 Å². The van der Waals surface area contributed by atoms with E-state index in [1.54, 1.807) is 11.3 Å². The number of carbonyl (C=O) groups is 1. The summed E-state index contributed by atoms with van der Waals surface area (Å²) in [5.41, 5.74) is 2.90. The third kappa shape index (κ3) is 4.07. The summed E-state index contributed by atoms with van der Waals surface area (Å²) in [5.74, 6) is 0.155. The van der Waals surface area contributed by atoms with E-state index in [2.05, 4.69) is 15.2 Å². The molecule has 0 atom stereocenters. The van der Waals surface area contributed by atoms with Crippen LogP contribution in [0.15, 0.2) is 5.51 Å². The fourth-order valence-corrected chi connectivity index (χ4v) is 3.02. The van der Waals surface area contributed by atoms with Crippen molar-refractivity contribution in [3.63, 3.8) is 0 Å². The van der Waals surface area contributed by atoms with Gasteiger partial charge in [0.15, 0.2) is 0 Å². The minimum atomic E-state index is 0.155. The number of thiazole rings is 1. The summed E-state index contributed by atoms with van der Waals surface area (Å²) in [6.07, 6.45) is 3.99. The fourth-order valence-electron chi connectivity index (χ4n) is 2.24. The van der Waals surface area contributed by atoms with Crippen molar-refractivity contribution in [2.24, 2.45) is 0 Å². The Hall–Kier alpha value is -0.940. The lowest BCUT2D eigenvalue weighted by molar-refractivity contribution is -0.121. The highest BCUT2D eigenvalue weighted by atomic mass is 32.1. The maximum Gasteiger partial charge on any atom is 0.220 e. The highest BCUT2D eigenvalue weighted by Gasteiger charge is 2.11. The molecule has 1 aliphatic rings. The molecule has 0 radical (unpaired) electrons. The topological polar surface area (TPSA) is 45.2 Å². The summed E-state index contributed by atoms with van der Waals surface area (Å²) < 4.78 is 0. The molecule has 0 bridgehead atoms. The summed E-state index contributed by atoms with van der Waals surface area (Å²) in [6, 6.07) is 0. The van der Waals surface area contributed by atoms with Gasteiger partial charge in [-0.25, -0.2) is 4.98 Å². The molecule has 0 saturated carbocycles. The number of amides is 1. The van der Waals surface area contributed by atoms with Gasteiger partial charge in [0.05, 0.1) is 11.2 Å². The second-order valence-corrected chi connectivity index (χ2v) is 5.70. The van der Waals surface area contributed by atoms with Crippen LogP contribution in [0.1, 0.15) is 29.8 Å². The van der Waals surface area contributed by atoms with Gasteiger partial charge in [-0.2, -0.15) is 0 Å². The molecule has 18 heavy (non-hydrogen) atoms. The van der Waals surface area contributed by atoms with Crippen LogP contribution in [0.25, 0.3) is 0 Å². The van der Waals surface area contributed by atoms with Gasteiger partial charge in [0, 0.05) is 24.4 Å². The van der Waals surface area contributed by atoms with Crippen molar-refractivity contribution < 1.29 is 4.79 Å². The van der Waals surface area contributed by atoms with Gasteiger partial charge in [-0.3, -0.25) is 4.79 Å². The Morgan fingerprint density at radius 1 is 1.50 bits per heavy atom. The summed E-state index contributed by atoms with van der Waals surface area (Å²) in [7, 11) is 0. The highest BCUT2D eigenvalue weighted by molar-refractivity contribution is 7.09. The first-order chi connectivity index (χ1) is 8.75. The molecule has 2 rings (SSSR count). The van der Waals surface area contributed by atoms with E-state index in [1.807, 2.05) is 12.4 Å². The van der Waals surface area contributed by atoms with Crippen LogP contribution in [0.3, 0.4) is 0 Å². The first-order valence-electron chi connectivity index (χ1n) is 6.64. The summed E-state index contributed by atoms with van der Waals surface area (Å²) in [5, 5.41) is 3.00. The predicted molar refractivity (Wildman–Crippen MR) is 73.9 cm³/mol. The van der Waals surface area contributed by atoms with Crippen molar-refractivity contribution in [1.82, 2.24) is 15.2 Å². The van der Waals surface area contributed by atoms with E-state index in [9.17, 15) is 4.79 Å². The average molecular weight is 267 g/mol. The van der Waals surface area contributed by atoms with Crippen molar-refractivity contribution in [2.75, 3.05) is 26.2 Å². The molecule has 5 heteroatoms. The van der Waals surface area contributed by atoms with Crippen LogP contribution in [0.4, 0.5) is 0 Å². The third-order valence-corrected chi connectivity index (χ3v) is 4.37. The molecule has 2 heterocycles. The van der Waals surface area contributed by atoms with E-state index in [0.29, 0.717) is 6.42 Å². The zero-order valence-corrected chi connectivity index (χ0v) is 11.8.